The maximum absolute atomic E-state index is 6.23. The van der Waals surface area contributed by atoms with Crippen LogP contribution in [0, 0.1) is 0 Å². The van der Waals surface area contributed by atoms with Gasteiger partial charge in [-0.05, 0) is 56.9 Å². The van der Waals surface area contributed by atoms with Crippen molar-refractivity contribution in [1.29, 1.82) is 0 Å². The number of rotatable bonds is 5. The molecule has 7 heteroatoms. The van der Waals surface area contributed by atoms with E-state index in [4.69, 9.17) is 11.6 Å². The summed E-state index contributed by atoms with van der Waals surface area (Å²) in [5, 5.41) is 5.17. The predicted molar refractivity (Wildman–Crippen MR) is 108 cm³/mol. The first-order chi connectivity index (χ1) is 10.3. The van der Waals surface area contributed by atoms with E-state index < -0.39 is 0 Å². The molecule has 0 radical (unpaired) electrons. The van der Waals surface area contributed by atoms with Crippen LogP contribution in [0.15, 0.2) is 23.2 Å². The summed E-state index contributed by atoms with van der Waals surface area (Å²) >= 11 is 8.05. The van der Waals surface area contributed by atoms with Gasteiger partial charge in [0.25, 0.3) is 0 Å². The first kappa shape index (κ1) is 20.9. The minimum Gasteiger partial charge on any atom is -0.333 e. The lowest BCUT2D eigenvalue weighted by molar-refractivity contribution is 0.333. The average Bonchev–Trinajstić information content (AvgIpc) is 3.01. The van der Waals surface area contributed by atoms with Gasteiger partial charge in [0.15, 0.2) is 5.17 Å². The number of likely N-dealkylation sites (tertiary alicyclic amines) is 1. The number of nitrogens with one attached hydrogen (secondary N) is 1. The van der Waals surface area contributed by atoms with Crippen molar-refractivity contribution < 1.29 is 0 Å². The normalized spacial score (nSPS) is 16.7. The summed E-state index contributed by atoms with van der Waals surface area (Å²) in [6.45, 7) is 4.60. The average molecular weight is 397 g/mol. The van der Waals surface area contributed by atoms with Crippen LogP contribution in [0.4, 0.5) is 5.69 Å². The highest BCUT2D eigenvalue weighted by atomic mass is 35.5. The van der Waals surface area contributed by atoms with Crippen LogP contribution in [0.2, 0.25) is 5.02 Å². The van der Waals surface area contributed by atoms with E-state index in [0.29, 0.717) is 0 Å². The molecule has 0 atom stereocenters. The maximum Gasteiger partial charge on any atom is 0.161 e. The van der Waals surface area contributed by atoms with E-state index in [1.54, 1.807) is 0 Å². The maximum atomic E-state index is 6.23. The van der Waals surface area contributed by atoms with Gasteiger partial charge in [0.05, 0.1) is 17.3 Å². The number of para-hydroxylation sites is 1. The molecule has 0 saturated carbocycles. The van der Waals surface area contributed by atoms with Gasteiger partial charge in [-0.25, -0.2) is 0 Å². The fourth-order valence-electron chi connectivity index (χ4n) is 2.84. The zero-order chi connectivity index (χ0) is 14.5. The number of unbranched alkanes of at least 4 members (excludes halogenated alkanes) is 1. The summed E-state index contributed by atoms with van der Waals surface area (Å²) < 4.78 is 0. The van der Waals surface area contributed by atoms with Crippen molar-refractivity contribution in [1.82, 2.24) is 4.90 Å². The highest BCUT2D eigenvalue weighted by Crippen LogP contribution is 2.30. The van der Waals surface area contributed by atoms with E-state index in [1.165, 1.54) is 50.9 Å². The summed E-state index contributed by atoms with van der Waals surface area (Å²) in [5.74, 6) is 1.12. The third kappa shape index (κ3) is 6.02. The SMILES string of the molecule is Cl.Cl.Clc1cccc2c1NC(SCCCCN1CCCC1)=NC2. The van der Waals surface area contributed by atoms with Crippen molar-refractivity contribution in [2.45, 2.75) is 32.2 Å². The van der Waals surface area contributed by atoms with E-state index in [9.17, 15) is 0 Å². The van der Waals surface area contributed by atoms with Crippen LogP contribution < -0.4 is 5.32 Å². The number of nitrogens with zero attached hydrogens (tertiary/aromatic N) is 2. The Balaban J connectivity index is 0.00000132. The molecule has 1 aromatic rings. The molecule has 2 aliphatic rings. The molecule has 1 saturated heterocycles. The number of benzene rings is 1. The quantitative estimate of drug-likeness (QED) is 0.704. The van der Waals surface area contributed by atoms with Crippen molar-refractivity contribution in [2.24, 2.45) is 4.99 Å². The molecule has 0 aromatic heterocycles. The van der Waals surface area contributed by atoms with Crippen LogP contribution in [0.5, 0.6) is 0 Å². The van der Waals surface area contributed by atoms with Gasteiger partial charge in [-0.1, -0.05) is 35.5 Å². The van der Waals surface area contributed by atoms with Crippen LogP contribution in [0.1, 0.15) is 31.2 Å². The third-order valence-electron chi connectivity index (χ3n) is 4.03. The molecule has 3 rings (SSSR count). The van der Waals surface area contributed by atoms with Crippen LogP contribution in [0.25, 0.3) is 0 Å². The van der Waals surface area contributed by atoms with E-state index in [1.807, 2.05) is 23.9 Å². The Morgan fingerprint density at radius 1 is 1.17 bits per heavy atom. The molecule has 0 bridgehead atoms. The highest BCUT2D eigenvalue weighted by molar-refractivity contribution is 8.14. The second-order valence-electron chi connectivity index (χ2n) is 5.62. The molecule has 2 aliphatic heterocycles. The van der Waals surface area contributed by atoms with Gasteiger partial charge < -0.3 is 10.2 Å². The molecule has 1 N–H and O–H groups in total. The number of amidine groups is 1. The summed E-state index contributed by atoms with van der Waals surface area (Å²) in [5.41, 5.74) is 2.22. The summed E-state index contributed by atoms with van der Waals surface area (Å²) in [7, 11) is 0. The first-order valence-electron chi connectivity index (χ1n) is 7.77. The van der Waals surface area contributed by atoms with Crippen LogP contribution in [-0.2, 0) is 6.54 Å². The van der Waals surface area contributed by atoms with Crippen molar-refractivity contribution >= 4 is 59.0 Å². The molecule has 1 fully saturated rings. The Labute approximate surface area is 160 Å². The topological polar surface area (TPSA) is 27.6 Å². The first-order valence-corrected chi connectivity index (χ1v) is 9.13. The number of aliphatic imine (C=N–C) groups is 1. The van der Waals surface area contributed by atoms with Crippen molar-refractivity contribution in [3.63, 3.8) is 0 Å². The molecule has 3 nitrogen and oxygen atoms in total. The molecular formula is C16H24Cl3N3S. The smallest absolute Gasteiger partial charge is 0.161 e. The Morgan fingerprint density at radius 3 is 2.74 bits per heavy atom. The number of hydrogen-bond donors (Lipinski definition) is 1. The van der Waals surface area contributed by atoms with Gasteiger partial charge in [0.2, 0.25) is 0 Å². The summed E-state index contributed by atoms with van der Waals surface area (Å²) in [6, 6.07) is 5.99. The number of halogens is 3. The molecule has 130 valence electrons. The Bertz CT molecular complexity index is 519. The lowest BCUT2D eigenvalue weighted by Crippen LogP contribution is -2.20. The van der Waals surface area contributed by atoms with Gasteiger partial charge in [-0.3, -0.25) is 4.99 Å². The molecule has 0 aliphatic carbocycles. The summed E-state index contributed by atoms with van der Waals surface area (Å²) in [6.07, 6.45) is 5.31. The van der Waals surface area contributed by atoms with Crippen LogP contribution >= 0.6 is 48.2 Å². The molecular weight excluding hydrogens is 373 g/mol. The summed E-state index contributed by atoms with van der Waals surface area (Å²) in [4.78, 5) is 7.17. The van der Waals surface area contributed by atoms with Crippen LogP contribution in [-0.4, -0.2) is 35.5 Å². The van der Waals surface area contributed by atoms with Gasteiger partial charge in [-0.2, -0.15) is 0 Å². The van der Waals surface area contributed by atoms with Crippen LogP contribution in [0.3, 0.4) is 0 Å². The number of anilines is 1. The predicted octanol–water partition coefficient (Wildman–Crippen LogP) is 5.07. The lowest BCUT2D eigenvalue weighted by Gasteiger charge is -2.19. The zero-order valence-electron chi connectivity index (χ0n) is 13.1. The molecule has 23 heavy (non-hydrogen) atoms. The second-order valence-corrected chi connectivity index (χ2v) is 7.12. The Kier molecular flexibility index (Phi) is 9.71. The molecule has 2 heterocycles. The van der Waals surface area contributed by atoms with Gasteiger partial charge in [-0.15, -0.1) is 24.8 Å². The van der Waals surface area contributed by atoms with Crippen molar-refractivity contribution in [3.8, 4) is 0 Å². The van der Waals surface area contributed by atoms with E-state index in [-0.39, 0.29) is 24.8 Å². The molecule has 1 aromatic carbocycles. The van der Waals surface area contributed by atoms with Crippen molar-refractivity contribution in [2.75, 3.05) is 30.7 Å². The molecule has 0 spiro atoms. The number of hydrogen-bond acceptors (Lipinski definition) is 4. The minimum atomic E-state index is 0. The van der Waals surface area contributed by atoms with E-state index >= 15 is 0 Å². The van der Waals surface area contributed by atoms with Gasteiger partial charge >= 0.3 is 0 Å². The molecule has 0 amide bonds. The zero-order valence-corrected chi connectivity index (χ0v) is 16.3. The second kappa shape index (κ2) is 10.7. The standard InChI is InChI=1S/C16H22ClN3S.2ClH/c17-14-7-5-6-13-12-18-16(19-15(13)14)21-11-4-3-10-20-8-1-2-9-20;;/h5-7H,1-4,8-12H2,(H,18,19);2*1H. The minimum absolute atomic E-state index is 0. The van der Waals surface area contributed by atoms with Gasteiger partial charge in [0.1, 0.15) is 0 Å². The fraction of sp³-hybridized carbons (Fsp3) is 0.562. The van der Waals surface area contributed by atoms with Crippen molar-refractivity contribution in [3.05, 3.63) is 28.8 Å². The fourth-order valence-corrected chi connectivity index (χ4v) is 3.95. The monoisotopic (exact) mass is 395 g/mol. The lowest BCUT2D eigenvalue weighted by atomic mass is 10.1. The van der Waals surface area contributed by atoms with Gasteiger partial charge in [0, 0.05) is 5.75 Å². The molecule has 0 unspecified atom stereocenters. The number of fused-ring (bicyclic) bond motifs is 1. The largest absolute Gasteiger partial charge is 0.333 e. The van der Waals surface area contributed by atoms with E-state index in [0.717, 1.165) is 28.2 Å². The Hall–Kier alpha value is -0.130. The highest BCUT2D eigenvalue weighted by Gasteiger charge is 2.14. The van der Waals surface area contributed by atoms with E-state index in [2.05, 4.69) is 21.3 Å². The Morgan fingerprint density at radius 2 is 1.96 bits per heavy atom. The third-order valence-corrected chi connectivity index (χ3v) is 5.34. The number of thioether (sulfide) groups is 1.